The molecule has 0 bridgehead atoms. The maximum atomic E-state index is 6.17. The largest absolute Gasteiger partial charge is 0.323 e. The molecular formula is C13H18Cl2N2. The minimum Gasteiger partial charge on any atom is -0.323 e. The van der Waals surface area contributed by atoms with Gasteiger partial charge in [-0.25, -0.2) is 0 Å². The van der Waals surface area contributed by atoms with Crippen LogP contribution in [0.15, 0.2) is 18.2 Å². The first-order valence-corrected chi connectivity index (χ1v) is 6.60. The van der Waals surface area contributed by atoms with Crippen LogP contribution in [0.5, 0.6) is 0 Å². The number of hydrogen-bond acceptors (Lipinski definition) is 2. The van der Waals surface area contributed by atoms with Crippen LogP contribution < -0.4 is 5.73 Å². The molecule has 0 amide bonds. The number of benzene rings is 1. The second-order valence-corrected chi connectivity index (χ2v) is 6.19. The Hall–Kier alpha value is -0.280. The van der Waals surface area contributed by atoms with Gasteiger partial charge in [0, 0.05) is 34.7 Å². The fraction of sp³-hybridized carbons (Fsp3) is 0.538. The van der Waals surface area contributed by atoms with Gasteiger partial charge in [0.1, 0.15) is 0 Å². The Balaban J connectivity index is 1.97. The average Bonchev–Trinajstić information content (AvgIpc) is 2.18. The fourth-order valence-electron chi connectivity index (χ4n) is 2.33. The third kappa shape index (κ3) is 3.14. The third-order valence-electron chi connectivity index (χ3n) is 3.28. The van der Waals surface area contributed by atoms with E-state index in [-0.39, 0.29) is 5.54 Å². The molecular weight excluding hydrogens is 255 g/mol. The third-order valence-corrected chi connectivity index (χ3v) is 3.87. The number of halogens is 2. The number of nitrogens with two attached hydrogens (primary N) is 1. The van der Waals surface area contributed by atoms with E-state index in [1.165, 1.54) is 0 Å². The van der Waals surface area contributed by atoms with Crippen LogP contribution in [0.3, 0.4) is 0 Å². The van der Waals surface area contributed by atoms with Crippen LogP contribution in [-0.2, 0) is 6.42 Å². The van der Waals surface area contributed by atoms with Crippen LogP contribution in [0.4, 0.5) is 0 Å². The summed E-state index contributed by atoms with van der Waals surface area (Å²) in [6, 6.07) is 6.15. The van der Waals surface area contributed by atoms with Crippen molar-refractivity contribution in [1.29, 1.82) is 0 Å². The summed E-state index contributed by atoms with van der Waals surface area (Å²) in [4.78, 5) is 2.38. The van der Waals surface area contributed by atoms with Crippen LogP contribution in [0.2, 0.25) is 10.0 Å². The van der Waals surface area contributed by atoms with Crippen molar-refractivity contribution in [3.05, 3.63) is 33.8 Å². The van der Waals surface area contributed by atoms with Gasteiger partial charge in [-0.1, -0.05) is 29.3 Å². The fourth-order valence-corrected chi connectivity index (χ4v) is 2.81. The number of hydrogen-bond donors (Lipinski definition) is 1. The average molecular weight is 273 g/mol. The van der Waals surface area contributed by atoms with E-state index in [0.29, 0.717) is 11.1 Å². The molecule has 1 aromatic carbocycles. The van der Waals surface area contributed by atoms with Crippen LogP contribution in [0.25, 0.3) is 0 Å². The van der Waals surface area contributed by atoms with Crippen molar-refractivity contribution in [1.82, 2.24) is 4.90 Å². The summed E-state index contributed by atoms with van der Waals surface area (Å²) in [5.74, 6) is 0. The van der Waals surface area contributed by atoms with Crippen molar-refractivity contribution in [2.24, 2.45) is 5.73 Å². The summed E-state index contributed by atoms with van der Waals surface area (Å²) in [5.41, 5.74) is 7.14. The molecule has 1 fully saturated rings. The SMILES string of the molecule is CC(Cc1ccc(Cl)cc1Cl)N1CC(C)(N)C1. The van der Waals surface area contributed by atoms with Crippen molar-refractivity contribution in [2.75, 3.05) is 13.1 Å². The first kappa shape index (κ1) is 13.2. The van der Waals surface area contributed by atoms with Gasteiger partial charge in [-0.2, -0.15) is 0 Å². The highest BCUT2D eigenvalue weighted by Crippen LogP contribution is 2.26. The smallest absolute Gasteiger partial charge is 0.0453 e. The normalized spacial score (nSPS) is 21.0. The molecule has 17 heavy (non-hydrogen) atoms. The van der Waals surface area contributed by atoms with Crippen molar-refractivity contribution < 1.29 is 0 Å². The summed E-state index contributed by atoms with van der Waals surface area (Å²) in [5, 5.41) is 1.44. The van der Waals surface area contributed by atoms with E-state index >= 15 is 0 Å². The van der Waals surface area contributed by atoms with Gasteiger partial charge in [0.05, 0.1) is 0 Å². The van der Waals surface area contributed by atoms with E-state index in [9.17, 15) is 0 Å². The number of rotatable bonds is 3. The Kier molecular flexibility index (Phi) is 3.69. The lowest BCUT2D eigenvalue weighted by Gasteiger charge is -2.48. The Morgan fingerprint density at radius 2 is 2.06 bits per heavy atom. The standard InChI is InChI=1S/C13H18Cl2N2/c1-9(17-7-13(2,16)8-17)5-10-3-4-11(14)6-12(10)15/h3-4,6,9H,5,7-8,16H2,1-2H3. The minimum atomic E-state index is -0.0158. The maximum Gasteiger partial charge on any atom is 0.0453 e. The second kappa shape index (κ2) is 4.77. The van der Waals surface area contributed by atoms with E-state index in [2.05, 4.69) is 18.7 Å². The summed E-state index contributed by atoms with van der Waals surface area (Å²) in [6.07, 6.45) is 0.937. The van der Waals surface area contributed by atoms with Crippen LogP contribution in [0.1, 0.15) is 19.4 Å². The molecule has 1 atom stereocenters. The van der Waals surface area contributed by atoms with Crippen molar-refractivity contribution >= 4 is 23.2 Å². The summed E-state index contributed by atoms with van der Waals surface area (Å²) in [6.45, 7) is 6.21. The van der Waals surface area contributed by atoms with Gasteiger partial charge in [-0.3, -0.25) is 4.90 Å². The number of nitrogens with zero attached hydrogens (tertiary/aromatic N) is 1. The molecule has 1 aliphatic rings. The zero-order chi connectivity index (χ0) is 12.6. The minimum absolute atomic E-state index is 0.0158. The highest BCUT2D eigenvalue weighted by atomic mass is 35.5. The lowest BCUT2D eigenvalue weighted by molar-refractivity contribution is 0.0468. The van der Waals surface area contributed by atoms with Crippen molar-refractivity contribution in [3.63, 3.8) is 0 Å². The molecule has 1 aromatic rings. The van der Waals surface area contributed by atoms with E-state index in [4.69, 9.17) is 28.9 Å². The molecule has 1 aliphatic heterocycles. The van der Waals surface area contributed by atoms with E-state index in [1.807, 2.05) is 12.1 Å². The molecule has 2 nitrogen and oxygen atoms in total. The number of likely N-dealkylation sites (tertiary alicyclic amines) is 1. The van der Waals surface area contributed by atoms with Gasteiger partial charge < -0.3 is 5.73 Å². The molecule has 1 heterocycles. The molecule has 2 N–H and O–H groups in total. The maximum absolute atomic E-state index is 6.17. The Labute approximate surface area is 113 Å². The van der Waals surface area contributed by atoms with Gasteiger partial charge in [-0.05, 0) is 38.0 Å². The molecule has 0 aromatic heterocycles. The van der Waals surface area contributed by atoms with Gasteiger partial charge in [0.15, 0.2) is 0 Å². The topological polar surface area (TPSA) is 29.3 Å². The van der Waals surface area contributed by atoms with Crippen molar-refractivity contribution in [3.8, 4) is 0 Å². The van der Waals surface area contributed by atoms with Crippen LogP contribution in [-0.4, -0.2) is 29.6 Å². The highest BCUT2D eigenvalue weighted by molar-refractivity contribution is 6.35. The zero-order valence-electron chi connectivity index (χ0n) is 10.2. The lowest BCUT2D eigenvalue weighted by Crippen LogP contribution is -2.67. The molecule has 2 rings (SSSR count). The molecule has 0 aliphatic carbocycles. The van der Waals surface area contributed by atoms with Gasteiger partial charge in [-0.15, -0.1) is 0 Å². The molecule has 1 saturated heterocycles. The summed E-state index contributed by atoms with van der Waals surface area (Å²) < 4.78 is 0. The Morgan fingerprint density at radius 1 is 1.41 bits per heavy atom. The van der Waals surface area contributed by atoms with Crippen molar-refractivity contribution in [2.45, 2.75) is 31.8 Å². The van der Waals surface area contributed by atoms with E-state index in [1.54, 1.807) is 6.07 Å². The van der Waals surface area contributed by atoms with Gasteiger partial charge in [0.25, 0.3) is 0 Å². The molecule has 94 valence electrons. The molecule has 0 spiro atoms. The highest BCUT2D eigenvalue weighted by Gasteiger charge is 2.37. The predicted molar refractivity (Wildman–Crippen MR) is 73.8 cm³/mol. The van der Waals surface area contributed by atoms with Crippen LogP contribution in [0, 0.1) is 0 Å². The van der Waals surface area contributed by atoms with Gasteiger partial charge in [0.2, 0.25) is 0 Å². The summed E-state index contributed by atoms with van der Waals surface area (Å²) >= 11 is 12.0. The summed E-state index contributed by atoms with van der Waals surface area (Å²) in [7, 11) is 0. The molecule has 4 heteroatoms. The monoisotopic (exact) mass is 272 g/mol. The lowest BCUT2D eigenvalue weighted by atomic mass is 9.90. The quantitative estimate of drug-likeness (QED) is 0.917. The van der Waals surface area contributed by atoms with E-state index in [0.717, 1.165) is 30.1 Å². The first-order valence-electron chi connectivity index (χ1n) is 5.84. The first-order chi connectivity index (χ1) is 7.87. The van der Waals surface area contributed by atoms with Gasteiger partial charge >= 0.3 is 0 Å². The van der Waals surface area contributed by atoms with Crippen LogP contribution >= 0.6 is 23.2 Å². The second-order valence-electron chi connectivity index (χ2n) is 5.35. The predicted octanol–water partition coefficient (Wildman–Crippen LogP) is 2.96. The molecule has 1 unspecified atom stereocenters. The zero-order valence-corrected chi connectivity index (χ0v) is 11.7. The Morgan fingerprint density at radius 3 is 2.59 bits per heavy atom. The van der Waals surface area contributed by atoms with E-state index < -0.39 is 0 Å². The molecule has 0 saturated carbocycles. The molecule has 0 radical (unpaired) electrons. The Bertz CT molecular complexity index is 410.